The van der Waals surface area contributed by atoms with E-state index in [1.54, 1.807) is 0 Å². The lowest BCUT2D eigenvalue weighted by molar-refractivity contribution is -0.304. The van der Waals surface area contributed by atoms with Crippen LogP contribution in [0.2, 0.25) is 0 Å². The van der Waals surface area contributed by atoms with Gasteiger partial charge in [0.15, 0.2) is 6.10 Å². The normalized spacial score (nSPS) is 16.2. The highest BCUT2D eigenvalue weighted by Gasteiger charge is 2.59. The molecule has 24 heavy (non-hydrogen) atoms. The van der Waals surface area contributed by atoms with Crippen LogP contribution >= 0.6 is 0 Å². The third kappa shape index (κ3) is 4.74. The minimum absolute atomic E-state index is 0.142. The molecule has 0 fully saturated rings. The molecule has 0 spiro atoms. The molecule has 1 rings (SSSR count). The third-order valence-corrected chi connectivity index (χ3v) is 2.80. The van der Waals surface area contributed by atoms with Gasteiger partial charge in [0.1, 0.15) is 11.9 Å². The van der Waals surface area contributed by atoms with Crippen LogP contribution in [0.25, 0.3) is 0 Å². The van der Waals surface area contributed by atoms with Gasteiger partial charge in [-0.15, -0.1) is 0 Å². The zero-order valence-electron chi connectivity index (χ0n) is 11.9. The number of hydrogen-bond donors (Lipinski definition) is 2. The molecule has 0 radical (unpaired) electrons. The summed E-state index contributed by atoms with van der Waals surface area (Å²) in [5, 5.41) is 19.1. The fourth-order valence-corrected chi connectivity index (χ4v) is 1.56. The second kappa shape index (κ2) is 7.26. The maximum Gasteiger partial charge on any atom is 0.439 e. The van der Waals surface area contributed by atoms with Gasteiger partial charge in [-0.25, -0.2) is 9.18 Å². The van der Waals surface area contributed by atoms with Crippen LogP contribution in [0.5, 0.6) is 5.75 Å². The lowest BCUT2D eigenvalue weighted by atomic mass is 10.0. The second-order valence-electron chi connectivity index (χ2n) is 4.55. The summed E-state index contributed by atoms with van der Waals surface area (Å²) >= 11 is 0. The van der Waals surface area contributed by atoms with E-state index in [1.165, 1.54) is 0 Å². The maximum atomic E-state index is 13.1. The molecule has 0 aliphatic heterocycles. The van der Waals surface area contributed by atoms with Crippen LogP contribution in [0.15, 0.2) is 24.3 Å². The molecule has 0 aromatic heterocycles. The van der Waals surface area contributed by atoms with Crippen molar-refractivity contribution in [1.82, 2.24) is 0 Å². The van der Waals surface area contributed by atoms with E-state index in [-0.39, 0.29) is 5.56 Å². The molecule has 3 atom stereocenters. The molecular formula is C13H12F6O5. The van der Waals surface area contributed by atoms with Crippen LogP contribution < -0.4 is 4.74 Å². The Morgan fingerprint density at radius 2 is 1.58 bits per heavy atom. The number of halogens is 6. The first-order valence-corrected chi connectivity index (χ1v) is 6.21. The van der Waals surface area contributed by atoms with Crippen molar-refractivity contribution < 1.29 is 50.8 Å². The number of methoxy groups -OCH3 is 1. The molecular weight excluding hydrogens is 350 g/mol. The predicted molar refractivity (Wildman–Crippen MR) is 66.0 cm³/mol. The molecule has 0 saturated carbocycles. The van der Waals surface area contributed by atoms with Gasteiger partial charge in [0, 0.05) is 0 Å². The summed E-state index contributed by atoms with van der Waals surface area (Å²) < 4.78 is 82.6. The monoisotopic (exact) mass is 362 g/mol. The Hall–Kier alpha value is -2.01. The largest absolute Gasteiger partial charge is 0.467 e. The molecule has 1 aromatic carbocycles. The topological polar surface area (TPSA) is 76.0 Å². The number of aliphatic hydroxyl groups is 2. The van der Waals surface area contributed by atoms with Crippen molar-refractivity contribution in [2.24, 2.45) is 0 Å². The zero-order valence-corrected chi connectivity index (χ0v) is 11.9. The van der Waals surface area contributed by atoms with E-state index in [0.717, 1.165) is 19.2 Å². The number of esters is 1. The first-order chi connectivity index (χ1) is 10.9. The number of ether oxygens (including phenoxy) is 2. The number of carbonyl (C=O) groups is 1. The van der Waals surface area contributed by atoms with Gasteiger partial charge >= 0.3 is 18.3 Å². The smallest absolute Gasteiger partial charge is 0.439 e. The average molecular weight is 362 g/mol. The van der Waals surface area contributed by atoms with Crippen LogP contribution in [0.1, 0.15) is 11.7 Å². The highest BCUT2D eigenvalue weighted by molar-refractivity contribution is 5.75. The van der Waals surface area contributed by atoms with Crippen LogP contribution in [-0.4, -0.2) is 47.9 Å². The lowest BCUT2D eigenvalue weighted by Crippen LogP contribution is -2.45. The van der Waals surface area contributed by atoms with Gasteiger partial charge in [-0.2, -0.15) is 22.0 Å². The van der Waals surface area contributed by atoms with Crippen molar-refractivity contribution in [3.63, 3.8) is 0 Å². The van der Waals surface area contributed by atoms with Crippen LogP contribution in [-0.2, 0) is 9.53 Å². The predicted octanol–water partition coefficient (Wildman–Crippen LogP) is 2.13. The second-order valence-corrected chi connectivity index (χ2v) is 4.55. The summed E-state index contributed by atoms with van der Waals surface area (Å²) in [7, 11) is 0.950. The highest BCUT2D eigenvalue weighted by Crippen LogP contribution is 2.36. The molecule has 5 nitrogen and oxygen atoms in total. The molecule has 0 saturated heterocycles. The fraction of sp³-hybridized carbons (Fsp3) is 0.462. The summed E-state index contributed by atoms with van der Waals surface area (Å²) in [6.45, 7) is 0. The standard InChI is InChI=1S/C13H12F6O5/c1-23-10(22)9(21)8(20)6-2-4-7(5-3-6)24-13(18,19)11(14)12(15,16)17/h2-5,8-9,11,20-21H,1H3/t8?,9?,11-/m1/s1. The zero-order chi connectivity index (χ0) is 18.7. The minimum Gasteiger partial charge on any atom is -0.467 e. The van der Waals surface area contributed by atoms with Crippen LogP contribution in [0.4, 0.5) is 26.3 Å². The average Bonchev–Trinajstić information content (AvgIpc) is 2.51. The van der Waals surface area contributed by atoms with E-state index >= 15 is 0 Å². The van der Waals surface area contributed by atoms with Gasteiger partial charge in [0.25, 0.3) is 6.17 Å². The van der Waals surface area contributed by atoms with Crippen molar-refractivity contribution in [2.75, 3.05) is 7.11 Å². The van der Waals surface area contributed by atoms with Gasteiger partial charge in [0.2, 0.25) is 0 Å². The summed E-state index contributed by atoms with van der Waals surface area (Å²) in [6, 6.07) is 3.20. The molecule has 0 bridgehead atoms. The van der Waals surface area contributed by atoms with Crippen molar-refractivity contribution in [3.8, 4) is 5.75 Å². The molecule has 2 unspecified atom stereocenters. The molecule has 0 amide bonds. The number of benzene rings is 1. The Balaban J connectivity index is 2.86. The van der Waals surface area contributed by atoms with E-state index in [9.17, 15) is 41.4 Å². The van der Waals surface area contributed by atoms with E-state index < -0.39 is 42.4 Å². The summed E-state index contributed by atoms with van der Waals surface area (Å²) in [6.07, 6.45) is -19.3. The first kappa shape index (κ1) is 20.0. The van der Waals surface area contributed by atoms with Crippen LogP contribution in [0, 0.1) is 0 Å². The fourth-order valence-electron chi connectivity index (χ4n) is 1.56. The van der Waals surface area contributed by atoms with Gasteiger partial charge in [-0.3, -0.25) is 0 Å². The Morgan fingerprint density at radius 3 is 2.00 bits per heavy atom. The van der Waals surface area contributed by atoms with E-state index in [1.807, 2.05) is 0 Å². The molecule has 2 N–H and O–H groups in total. The molecule has 1 aromatic rings. The van der Waals surface area contributed by atoms with Gasteiger partial charge in [-0.05, 0) is 17.7 Å². The summed E-state index contributed by atoms with van der Waals surface area (Å²) in [4.78, 5) is 11.0. The number of rotatable bonds is 6. The number of aliphatic hydroxyl groups excluding tert-OH is 2. The molecule has 11 heteroatoms. The van der Waals surface area contributed by atoms with Crippen molar-refractivity contribution in [3.05, 3.63) is 29.8 Å². The Bertz CT molecular complexity index is 559. The Labute approximate surface area is 131 Å². The van der Waals surface area contributed by atoms with E-state index in [2.05, 4.69) is 9.47 Å². The molecule has 0 heterocycles. The summed E-state index contributed by atoms with van der Waals surface area (Å²) in [5.74, 6) is -1.99. The van der Waals surface area contributed by atoms with Crippen molar-refractivity contribution in [1.29, 1.82) is 0 Å². The number of hydrogen-bond acceptors (Lipinski definition) is 5. The van der Waals surface area contributed by atoms with Crippen molar-refractivity contribution in [2.45, 2.75) is 30.7 Å². The lowest BCUT2D eigenvalue weighted by Gasteiger charge is -2.23. The van der Waals surface area contributed by atoms with Crippen molar-refractivity contribution >= 4 is 5.97 Å². The Kier molecular flexibility index (Phi) is 6.06. The number of alkyl halides is 6. The van der Waals surface area contributed by atoms with Gasteiger partial charge in [-0.1, -0.05) is 12.1 Å². The maximum absolute atomic E-state index is 13.1. The highest BCUT2D eigenvalue weighted by atomic mass is 19.4. The minimum atomic E-state index is -5.82. The summed E-state index contributed by atoms with van der Waals surface area (Å²) in [5.41, 5.74) is -0.142. The Morgan fingerprint density at radius 1 is 1.08 bits per heavy atom. The molecule has 136 valence electrons. The van der Waals surface area contributed by atoms with E-state index in [0.29, 0.717) is 12.1 Å². The molecule has 0 aliphatic rings. The first-order valence-electron chi connectivity index (χ1n) is 6.21. The van der Waals surface area contributed by atoms with Gasteiger partial charge < -0.3 is 19.7 Å². The van der Waals surface area contributed by atoms with Gasteiger partial charge in [0.05, 0.1) is 7.11 Å². The SMILES string of the molecule is COC(=O)C(O)C(O)c1ccc(OC(F)(F)[C@H](F)C(F)(F)F)cc1. The van der Waals surface area contributed by atoms with E-state index in [4.69, 9.17) is 0 Å². The quantitative estimate of drug-likeness (QED) is 0.599. The van der Waals surface area contributed by atoms with Crippen LogP contribution in [0.3, 0.4) is 0 Å². The molecule has 0 aliphatic carbocycles. The third-order valence-electron chi connectivity index (χ3n) is 2.80. The number of carbonyl (C=O) groups excluding carboxylic acids is 1.